The fourth-order valence-electron chi connectivity index (χ4n) is 5.28. The van der Waals surface area contributed by atoms with Crippen LogP contribution < -0.4 is 4.90 Å². The third-order valence-corrected chi connectivity index (χ3v) is 14.4. The van der Waals surface area contributed by atoms with E-state index in [0.29, 0.717) is 29.3 Å². The summed E-state index contributed by atoms with van der Waals surface area (Å²) in [5.74, 6) is 0.474. The molecule has 0 spiro atoms. The van der Waals surface area contributed by atoms with Crippen LogP contribution in [-0.4, -0.2) is 68.0 Å². The van der Waals surface area contributed by atoms with Gasteiger partial charge in [0.2, 0.25) is 0 Å². The molecule has 0 saturated carbocycles. The van der Waals surface area contributed by atoms with E-state index in [2.05, 4.69) is 44.8 Å². The summed E-state index contributed by atoms with van der Waals surface area (Å²) in [5, 5.41) is 5.50. The molecular weight excluding hydrogens is 590 g/mol. The zero-order chi connectivity index (χ0) is 30.4. The van der Waals surface area contributed by atoms with Crippen LogP contribution in [0.5, 0.6) is 0 Å². The van der Waals surface area contributed by atoms with Gasteiger partial charge in [0.1, 0.15) is 5.82 Å². The molecule has 2 aliphatic heterocycles. The van der Waals surface area contributed by atoms with Crippen LogP contribution >= 0.6 is 11.6 Å². The zero-order valence-corrected chi connectivity index (χ0v) is 28.1. The maximum Gasteiger partial charge on any atom is 0.254 e. The van der Waals surface area contributed by atoms with E-state index in [1.165, 1.54) is 6.26 Å². The van der Waals surface area contributed by atoms with E-state index in [4.69, 9.17) is 26.1 Å². The summed E-state index contributed by atoms with van der Waals surface area (Å²) in [6, 6.07) is 8.66. The molecule has 2 fully saturated rings. The van der Waals surface area contributed by atoms with Crippen LogP contribution in [0, 0.1) is 0 Å². The van der Waals surface area contributed by atoms with E-state index < -0.39 is 18.2 Å². The standard InChI is InChI=1S/C30H42ClN5O4SSi/c1-30(2,3)42(5,6)40-19-23-17-27(34-13-9-14-34)32-28-18-25(33-36(23)28)26-10-7-8-15-35(26)29(37)24-16-22(31)12-11-21(24)20-41(4,38)39/h11-12,16-18,26H,7-10,13-15,19-20H2,1-6H3/t26-/m0/s1. The molecule has 2 aliphatic rings. The largest absolute Gasteiger partial charge is 0.411 e. The second-order valence-corrected chi connectivity index (χ2v) is 20.6. The highest BCUT2D eigenvalue weighted by molar-refractivity contribution is 7.89. The average Bonchev–Trinajstić information content (AvgIpc) is 3.30. The quantitative estimate of drug-likeness (QED) is 0.280. The molecule has 228 valence electrons. The highest BCUT2D eigenvalue weighted by Crippen LogP contribution is 2.38. The summed E-state index contributed by atoms with van der Waals surface area (Å²) in [7, 11) is -5.36. The Kier molecular flexibility index (Phi) is 8.52. The van der Waals surface area contributed by atoms with Crippen LogP contribution in [0.15, 0.2) is 30.3 Å². The summed E-state index contributed by atoms with van der Waals surface area (Å²) in [5.41, 5.74) is 3.23. The van der Waals surface area contributed by atoms with E-state index in [1.807, 2.05) is 15.5 Å². The number of likely N-dealkylation sites (tertiary alicyclic amines) is 1. The highest BCUT2D eigenvalue weighted by atomic mass is 35.5. The molecule has 9 nitrogen and oxygen atoms in total. The SMILES string of the molecule is CC(C)(C)[Si](C)(C)OCc1cc(N2CCC2)nc2cc([C@@H]3CCCCN3C(=O)c3cc(Cl)ccc3CS(C)(=O)=O)nn12. The minimum Gasteiger partial charge on any atom is -0.411 e. The number of nitrogens with zero attached hydrogens (tertiary/aromatic N) is 5. The number of fused-ring (bicyclic) bond motifs is 1. The van der Waals surface area contributed by atoms with Crippen molar-refractivity contribution in [2.75, 3.05) is 30.8 Å². The van der Waals surface area contributed by atoms with Crippen molar-refractivity contribution in [1.82, 2.24) is 19.5 Å². The molecular formula is C30H42ClN5O4SSi. The van der Waals surface area contributed by atoms with Gasteiger partial charge in [0.05, 0.1) is 29.8 Å². The number of amides is 1. The predicted molar refractivity (Wildman–Crippen MR) is 169 cm³/mol. The first kappa shape index (κ1) is 31.0. The molecule has 0 aliphatic carbocycles. The summed E-state index contributed by atoms with van der Waals surface area (Å²) in [6.07, 6.45) is 4.90. The van der Waals surface area contributed by atoms with Crippen molar-refractivity contribution < 1.29 is 17.6 Å². The maximum atomic E-state index is 14.0. The molecule has 2 saturated heterocycles. The van der Waals surface area contributed by atoms with E-state index >= 15 is 0 Å². The number of hydrogen-bond donors (Lipinski definition) is 0. The van der Waals surface area contributed by atoms with E-state index in [0.717, 1.165) is 61.6 Å². The van der Waals surface area contributed by atoms with Gasteiger partial charge in [-0.25, -0.2) is 17.9 Å². The Hall–Kier alpha value is -2.47. The van der Waals surface area contributed by atoms with E-state index in [1.54, 1.807) is 18.2 Å². The summed E-state index contributed by atoms with van der Waals surface area (Å²) >= 11 is 6.28. The van der Waals surface area contributed by atoms with Crippen molar-refractivity contribution in [2.45, 2.75) is 83.0 Å². The number of piperidine rings is 1. The minimum absolute atomic E-state index is 0.0774. The lowest BCUT2D eigenvalue weighted by atomic mass is 9.97. The Bertz CT molecular complexity index is 1600. The topological polar surface area (TPSA) is 97.1 Å². The first-order valence-corrected chi connectivity index (χ1v) is 20.0. The second-order valence-electron chi connectivity index (χ2n) is 13.2. The molecule has 0 unspecified atom stereocenters. The number of anilines is 1. The van der Waals surface area contributed by atoms with Crippen LogP contribution in [-0.2, 0) is 26.6 Å². The van der Waals surface area contributed by atoms with Crippen molar-refractivity contribution >= 4 is 47.1 Å². The third kappa shape index (κ3) is 6.54. The number of sulfone groups is 1. The predicted octanol–water partition coefficient (Wildman–Crippen LogP) is 6.03. The third-order valence-electron chi connectivity index (χ3n) is 8.90. The van der Waals surface area contributed by atoms with Gasteiger partial charge in [0.25, 0.3) is 5.91 Å². The van der Waals surface area contributed by atoms with Crippen molar-refractivity contribution in [3.05, 3.63) is 57.9 Å². The smallest absolute Gasteiger partial charge is 0.254 e. The first-order chi connectivity index (χ1) is 19.6. The Morgan fingerprint density at radius 1 is 1.10 bits per heavy atom. The second kappa shape index (κ2) is 11.6. The van der Waals surface area contributed by atoms with Crippen molar-refractivity contribution in [1.29, 1.82) is 0 Å². The molecule has 12 heteroatoms. The molecule has 0 N–H and O–H groups in total. The number of aromatic nitrogens is 3. The summed E-state index contributed by atoms with van der Waals surface area (Å²) in [6.45, 7) is 14.1. The minimum atomic E-state index is -3.35. The zero-order valence-electron chi connectivity index (χ0n) is 25.5. The lowest BCUT2D eigenvalue weighted by Gasteiger charge is -2.36. The van der Waals surface area contributed by atoms with Crippen LogP contribution in [0.3, 0.4) is 0 Å². The Morgan fingerprint density at radius 2 is 1.83 bits per heavy atom. The fourth-order valence-corrected chi connectivity index (χ4v) is 7.21. The molecule has 4 heterocycles. The summed E-state index contributed by atoms with van der Waals surface area (Å²) < 4.78 is 32.8. The Labute approximate surface area is 255 Å². The van der Waals surface area contributed by atoms with Crippen LogP contribution in [0.4, 0.5) is 5.82 Å². The maximum absolute atomic E-state index is 14.0. The number of benzene rings is 1. The monoisotopic (exact) mass is 631 g/mol. The molecule has 3 aromatic rings. The molecule has 0 radical (unpaired) electrons. The van der Waals surface area contributed by atoms with Gasteiger partial charge in [-0.3, -0.25) is 4.79 Å². The van der Waals surface area contributed by atoms with Gasteiger partial charge in [0, 0.05) is 48.6 Å². The molecule has 1 atom stereocenters. The molecule has 1 aromatic carbocycles. The first-order valence-electron chi connectivity index (χ1n) is 14.7. The molecule has 1 amide bonds. The average molecular weight is 632 g/mol. The fraction of sp³-hybridized carbons (Fsp3) is 0.567. The number of carbonyl (C=O) groups is 1. The number of rotatable bonds is 8. The normalized spacial score (nSPS) is 18.4. The Morgan fingerprint density at radius 3 is 2.48 bits per heavy atom. The van der Waals surface area contributed by atoms with Gasteiger partial charge in [-0.2, -0.15) is 5.10 Å². The van der Waals surface area contributed by atoms with Gasteiger partial charge in [-0.05, 0) is 61.5 Å². The lowest BCUT2D eigenvalue weighted by molar-refractivity contribution is 0.0604. The molecule has 0 bridgehead atoms. The Balaban J connectivity index is 1.52. The van der Waals surface area contributed by atoms with Crippen LogP contribution in [0.2, 0.25) is 23.2 Å². The highest BCUT2D eigenvalue weighted by Gasteiger charge is 2.38. The lowest BCUT2D eigenvalue weighted by Crippen LogP contribution is -2.41. The van der Waals surface area contributed by atoms with Crippen molar-refractivity contribution in [3.8, 4) is 0 Å². The van der Waals surface area contributed by atoms with Gasteiger partial charge >= 0.3 is 0 Å². The molecule has 42 heavy (non-hydrogen) atoms. The van der Waals surface area contributed by atoms with Crippen LogP contribution in [0.25, 0.3) is 5.65 Å². The van der Waals surface area contributed by atoms with Crippen LogP contribution in [0.1, 0.15) is 79.8 Å². The molecule has 2 aromatic heterocycles. The molecule has 5 rings (SSSR count). The number of carbonyl (C=O) groups excluding carboxylic acids is 1. The van der Waals surface area contributed by atoms with Gasteiger partial charge in [0.15, 0.2) is 23.8 Å². The number of hydrogen-bond acceptors (Lipinski definition) is 7. The van der Waals surface area contributed by atoms with Crippen molar-refractivity contribution in [2.24, 2.45) is 0 Å². The van der Waals surface area contributed by atoms with Gasteiger partial charge < -0.3 is 14.2 Å². The van der Waals surface area contributed by atoms with Gasteiger partial charge in [-0.1, -0.05) is 38.4 Å². The number of halogens is 1. The van der Waals surface area contributed by atoms with E-state index in [-0.39, 0.29) is 22.7 Å². The van der Waals surface area contributed by atoms with Gasteiger partial charge in [-0.15, -0.1) is 0 Å². The summed E-state index contributed by atoms with van der Waals surface area (Å²) in [4.78, 5) is 23.1. The van der Waals surface area contributed by atoms with Crippen molar-refractivity contribution in [3.63, 3.8) is 0 Å². The van der Waals surface area contributed by atoms with E-state index in [9.17, 15) is 13.2 Å².